The summed E-state index contributed by atoms with van der Waals surface area (Å²) in [6.07, 6.45) is -5.10. The number of hydrogen-bond acceptors (Lipinski definition) is 5. The zero-order valence-corrected chi connectivity index (χ0v) is 14.7. The molecule has 2 aromatic carbocycles. The molecular weight excluding hydrogens is 379 g/mol. The molecule has 0 aliphatic rings. The highest BCUT2D eigenvalue weighted by atomic mass is 32.1. The molecule has 0 aliphatic heterocycles. The van der Waals surface area contributed by atoms with Crippen LogP contribution in [0.5, 0.6) is 5.75 Å². The molecular formula is C18H12F3N3O2S. The molecule has 1 atom stereocenters. The molecule has 0 amide bonds. The van der Waals surface area contributed by atoms with Crippen molar-refractivity contribution >= 4 is 27.2 Å². The van der Waals surface area contributed by atoms with Crippen LogP contribution in [-0.4, -0.2) is 14.6 Å². The second-order valence-electron chi connectivity index (χ2n) is 5.85. The first-order chi connectivity index (χ1) is 12.8. The summed E-state index contributed by atoms with van der Waals surface area (Å²) >= 11 is 1.16. The van der Waals surface area contributed by atoms with Crippen LogP contribution in [0.2, 0.25) is 0 Å². The number of benzene rings is 2. The first-order valence-electron chi connectivity index (χ1n) is 7.95. The van der Waals surface area contributed by atoms with Gasteiger partial charge in [0.05, 0.1) is 16.5 Å². The average Bonchev–Trinajstić information content (AvgIpc) is 3.06. The summed E-state index contributed by atoms with van der Waals surface area (Å²) in [7, 11) is 0. The van der Waals surface area contributed by atoms with Crippen molar-refractivity contribution in [2.45, 2.75) is 19.2 Å². The monoisotopic (exact) mass is 391 g/mol. The molecule has 0 aliphatic carbocycles. The van der Waals surface area contributed by atoms with E-state index in [1.807, 2.05) is 0 Å². The topological polar surface area (TPSA) is 56.5 Å². The lowest BCUT2D eigenvalue weighted by molar-refractivity contribution is -0.137. The Balaban J connectivity index is 1.69. The van der Waals surface area contributed by atoms with Crippen molar-refractivity contribution in [3.05, 3.63) is 69.5 Å². The summed E-state index contributed by atoms with van der Waals surface area (Å²) in [5.74, 6) is 0.0713. The summed E-state index contributed by atoms with van der Waals surface area (Å²) in [5.41, 5.74) is -0.533. The molecule has 9 heteroatoms. The lowest BCUT2D eigenvalue weighted by Crippen LogP contribution is -2.15. The standard InChI is InChI=1S/C18H12F3N3O2S/c1-10(26-12-6-4-5-11(9-12)18(19,20)21)15-23-24-16(25)13-7-2-3-8-14(13)22-17(24)27-15/h2-10H,1H3/t10-/m1/s1. The van der Waals surface area contributed by atoms with E-state index < -0.39 is 17.8 Å². The normalized spacial score (nSPS) is 13.2. The molecule has 0 N–H and O–H groups in total. The molecule has 138 valence electrons. The fraction of sp³-hybridized carbons (Fsp3) is 0.167. The van der Waals surface area contributed by atoms with E-state index in [4.69, 9.17) is 4.74 Å². The zero-order chi connectivity index (χ0) is 19.2. The predicted octanol–water partition coefficient (Wildman–Crippen LogP) is 4.46. The van der Waals surface area contributed by atoms with Crippen LogP contribution < -0.4 is 10.3 Å². The molecule has 0 saturated carbocycles. The van der Waals surface area contributed by atoms with Crippen molar-refractivity contribution in [3.63, 3.8) is 0 Å². The quantitative estimate of drug-likeness (QED) is 0.517. The molecule has 4 rings (SSSR count). The minimum Gasteiger partial charge on any atom is -0.483 e. The van der Waals surface area contributed by atoms with Gasteiger partial charge in [-0.05, 0) is 37.3 Å². The number of halogens is 3. The van der Waals surface area contributed by atoms with Crippen LogP contribution in [0.1, 0.15) is 23.6 Å². The van der Waals surface area contributed by atoms with Gasteiger partial charge in [0, 0.05) is 0 Å². The van der Waals surface area contributed by atoms with Gasteiger partial charge in [-0.15, -0.1) is 0 Å². The van der Waals surface area contributed by atoms with E-state index >= 15 is 0 Å². The number of fused-ring (bicyclic) bond motifs is 2. The van der Waals surface area contributed by atoms with Crippen molar-refractivity contribution in [1.82, 2.24) is 14.6 Å². The molecule has 0 radical (unpaired) electrons. The number of para-hydroxylation sites is 1. The SMILES string of the molecule is C[C@@H](Oc1cccc(C(F)(F)F)c1)c1nn2c(=O)c3ccccc3nc2s1. The highest BCUT2D eigenvalue weighted by Gasteiger charge is 2.30. The van der Waals surface area contributed by atoms with Crippen molar-refractivity contribution < 1.29 is 17.9 Å². The van der Waals surface area contributed by atoms with Crippen LogP contribution in [0.15, 0.2) is 53.3 Å². The zero-order valence-electron chi connectivity index (χ0n) is 13.9. The van der Waals surface area contributed by atoms with Gasteiger partial charge in [0.25, 0.3) is 5.56 Å². The second-order valence-corrected chi connectivity index (χ2v) is 6.84. The lowest BCUT2D eigenvalue weighted by Gasteiger charge is -2.13. The van der Waals surface area contributed by atoms with Crippen molar-refractivity contribution in [2.24, 2.45) is 0 Å². The molecule has 5 nitrogen and oxygen atoms in total. The third-order valence-corrected chi connectivity index (χ3v) is 5.01. The van der Waals surface area contributed by atoms with Crippen LogP contribution in [0.25, 0.3) is 15.9 Å². The third-order valence-electron chi connectivity index (χ3n) is 3.94. The Morgan fingerprint density at radius 3 is 2.70 bits per heavy atom. The second kappa shape index (κ2) is 6.34. The van der Waals surface area contributed by atoms with E-state index in [1.54, 1.807) is 31.2 Å². The number of rotatable bonds is 3. The van der Waals surface area contributed by atoms with Crippen LogP contribution in [0, 0.1) is 0 Å². The number of hydrogen-bond donors (Lipinski definition) is 0. The van der Waals surface area contributed by atoms with Gasteiger partial charge in [-0.2, -0.15) is 22.8 Å². The van der Waals surface area contributed by atoms with Crippen LogP contribution in [0.3, 0.4) is 0 Å². The smallest absolute Gasteiger partial charge is 0.416 e. The fourth-order valence-electron chi connectivity index (χ4n) is 2.63. The van der Waals surface area contributed by atoms with Crippen LogP contribution >= 0.6 is 11.3 Å². The molecule has 0 fully saturated rings. The first-order valence-corrected chi connectivity index (χ1v) is 8.77. The molecule has 27 heavy (non-hydrogen) atoms. The van der Waals surface area contributed by atoms with Gasteiger partial charge < -0.3 is 4.74 Å². The predicted molar refractivity (Wildman–Crippen MR) is 95.1 cm³/mol. The maximum absolute atomic E-state index is 12.8. The van der Waals surface area contributed by atoms with Crippen molar-refractivity contribution in [2.75, 3.05) is 0 Å². The van der Waals surface area contributed by atoms with Gasteiger partial charge in [0.1, 0.15) is 11.9 Å². The summed E-state index contributed by atoms with van der Waals surface area (Å²) in [6.45, 7) is 1.66. The molecule has 0 saturated heterocycles. The van der Waals surface area contributed by atoms with Crippen molar-refractivity contribution in [1.29, 1.82) is 0 Å². The Bertz CT molecular complexity index is 1200. The largest absolute Gasteiger partial charge is 0.483 e. The Morgan fingerprint density at radius 1 is 1.15 bits per heavy atom. The highest BCUT2D eigenvalue weighted by molar-refractivity contribution is 7.16. The van der Waals surface area contributed by atoms with E-state index in [9.17, 15) is 18.0 Å². The molecule has 0 spiro atoms. The lowest BCUT2D eigenvalue weighted by atomic mass is 10.2. The number of alkyl halides is 3. The minimum absolute atomic E-state index is 0.0713. The Hall–Kier alpha value is -2.94. The Morgan fingerprint density at radius 2 is 1.93 bits per heavy atom. The minimum atomic E-state index is -4.45. The van der Waals surface area contributed by atoms with E-state index in [1.165, 1.54) is 16.6 Å². The van der Waals surface area contributed by atoms with Crippen molar-refractivity contribution in [3.8, 4) is 5.75 Å². The first kappa shape index (κ1) is 17.5. The highest BCUT2D eigenvalue weighted by Crippen LogP contribution is 2.33. The van der Waals surface area contributed by atoms with Crippen LogP contribution in [0.4, 0.5) is 13.2 Å². The van der Waals surface area contributed by atoms with E-state index in [2.05, 4.69) is 10.1 Å². The average molecular weight is 391 g/mol. The third kappa shape index (κ3) is 3.25. The van der Waals surface area contributed by atoms with E-state index in [0.717, 1.165) is 23.5 Å². The van der Waals surface area contributed by atoms with Gasteiger partial charge in [-0.25, -0.2) is 4.98 Å². The molecule has 4 aromatic rings. The van der Waals surface area contributed by atoms with Gasteiger partial charge in [0.15, 0.2) is 5.01 Å². The Labute approximate surface area is 154 Å². The molecule has 0 unspecified atom stereocenters. The number of aromatic nitrogens is 3. The molecule has 0 bridgehead atoms. The van der Waals surface area contributed by atoms with Gasteiger partial charge in [-0.1, -0.05) is 29.5 Å². The fourth-order valence-corrected chi connectivity index (χ4v) is 3.51. The summed E-state index contributed by atoms with van der Waals surface area (Å²) in [6, 6.07) is 11.6. The van der Waals surface area contributed by atoms with Gasteiger partial charge >= 0.3 is 6.18 Å². The maximum Gasteiger partial charge on any atom is 0.416 e. The maximum atomic E-state index is 12.8. The summed E-state index contributed by atoms with van der Waals surface area (Å²) < 4.78 is 45.3. The van der Waals surface area contributed by atoms with Gasteiger partial charge in [0.2, 0.25) is 4.96 Å². The summed E-state index contributed by atoms with van der Waals surface area (Å²) in [4.78, 5) is 17.3. The summed E-state index contributed by atoms with van der Waals surface area (Å²) in [5, 5.41) is 5.12. The van der Waals surface area contributed by atoms with Gasteiger partial charge in [-0.3, -0.25) is 4.79 Å². The number of ether oxygens (including phenoxy) is 1. The van der Waals surface area contributed by atoms with E-state index in [0.29, 0.717) is 20.9 Å². The number of nitrogens with zero attached hydrogens (tertiary/aromatic N) is 3. The van der Waals surface area contributed by atoms with Crippen LogP contribution in [-0.2, 0) is 6.18 Å². The Kier molecular flexibility index (Phi) is 4.11. The molecule has 2 heterocycles. The molecule has 2 aromatic heterocycles. The van der Waals surface area contributed by atoms with E-state index in [-0.39, 0.29) is 11.3 Å².